The fraction of sp³-hybridized carbons (Fsp3) is 0.273. The lowest BCUT2D eigenvalue weighted by molar-refractivity contribution is 0.409. The summed E-state index contributed by atoms with van der Waals surface area (Å²) in [4.78, 5) is 0. The Labute approximate surface area is 153 Å². The Morgan fingerprint density at radius 2 is 1.69 bits per heavy atom. The molecule has 0 bridgehead atoms. The van der Waals surface area contributed by atoms with E-state index < -0.39 is 0 Å². The zero-order valence-corrected chi connectivity index (χ0v) is 15.2. The second kappa shape index (κ2) is 6.22. The van der Waals surface area contributed by atoms with Gasteiger partial charge in [0.05, 0.1) is 12.5 Å². The number of rotatable bonds is 2. The van der Waals surface area contributed by atoms with Crippen molar-refractivity contribution in [1.29, 1.82) is 0 Å². The van der Waals surface area contributed by atoms with Crippen molar-refractivity contribution in [3.05, 3.63) is 53.6 Å². The normalized spacial score (nSPS) is 19.3. The van der Waals surface area contributed by atoms with Gasteiger partial charge in [0.1, 0.15) is 17.2 Å². The summed E-state index contributed by atoms with van der Waals surface area (Å²) in [5.41, 5.74) is 3.31. The van der Waals surface area contributed by atoms with Crippen molar-refractivity contribution in [3.8, 4) is 28.4 Å². The summed E-state index contributed by atoms with van der Waals surface area (Å²) in [5, 5.41) is 27.0. The van der Waals surface area contributed by atoms with Gasteiger partial charge in [0.25, 0.3) is 0 Å². The average Bonchev–Trinajstić information content (AvgIpc) is 2.62. The molecule has 4 rings (SSSR count). The number of hydrogen-bond acceptors (Lipinski definition) is 4. The van der Waals surface area contributed by atoms with Crippen molar-refractivity contribution in [3.63, 3.8) is 0 Å². The molecule has 1 heterocycles. The fourth-order valence-corrected chi connectivity index (χ4v) is 4.14. The fourth-order valence-electron chi connectivity index (χ4n) is 4.14. The Morgan fingerprint density at radius 1 is 0.962 bits per heavy atom. The molecule has 0 radical (unpaired) electrons. The third-order valence-corrected chi connectivity index (χ3v) is 5.29. The molecule has 4 heteroatoms. The summed E-state index contributed by atoms with van der Waals surface area (Å²) in [5.74, 6) is 0.974. The van der Waals surface area contributed by atoms with Crippen LogP contribution in [0.2, 0.25) is 0 Å². The lowest BCUT2D eigenvalue weighted by Gasteiger charge is -2.30. The summed E-state index contributed by atoms with van der Waals surface area (Å²) in [7, 11) is 1.59. The van der Waals surface area contributed by atoms with E-state index >= 15 is 0 Å². The number of aromatic hydroxyl groups is 2. The predicted octanol–water partition coefficient (Wildman–Crippen LogP) is 4.52. The SMILES string of the molecule is COc1cccc2ccc(-c3ccc4c(c3O)C(C)NC(C)C4)c(O)c12. The summed E-state index contributed by atoms with van der Waals surface area (Å²) >= 11 is 0. The van der Waals surface area contributed by atoms with Crippen molar-refractivity contribution < 1.29 is 14.9 Å². The quantitative estimate of drug-likeness (QED) is 0.636. The highest BCUT2D eigenvalue weighted by molar-refractivity contribution is 5.99. The van der Waals surface area contributed by atoms with Crippen molar-refractivity contribution in [2.24, 2.45) is 0 Å². The molecular weight excluding hydrogens is 326 g/mol. The molecule has 0 aliphatic carbocycles. The first-order chi connectivity index (χ1) is 12.5. The lowest BCUT2D eigenvalue weighted by Crippen LogP contribution is -2.35. The molecular formula is C22H23NO3. The second-order valence-electron chi connectivity index (χ2n) is 7.05. The van der Waals surface area contributed by atoms with Gasteiger partial charge < -0.3 is 20.3 Å². The third kappa shape index (κ3) is 2.49. The van der Waals surface area contributed by atoms with Crippen LogP contribution in [0.4, 0.5) is 0 Å². The van der Waals surface area contributed by atoms with Crippen LogP contribution in [0.15, 0.2) is 42.5 Å². The molecule has 1 aliphatic rings. The number of phenolic OH excluding ortho intramolecular Hbond substituents is 2. The van der Waals surface area contributed by atoms with Crippen LogP contribution in [-0.2, 0) is 6.42 Å². The van der Waals surface area contributed by atoms with Crippen LogP contribution < -0.4 is 10.1 Å². The maximum Gasteiger partial charge on any atom is 0.135 e. The first kappa shape index (κ1) is 16.7. The molecule has 0 spiro atoms. The summed E-state index contributed by atoms with van der Waals surface area (Å²) in [6.45, 7) is 4.20. The second-order valence-corrected chi connectivity index (χ2v) is 7.05. The summed E-state index contributed by atoms with van der Waals surface area (Å²) in [6.07, 6.45) is 0.880. The third-order valence-electron chi connectivity index (χ3n) is 5.29. The van der Waals surface area contributed by atoms with Gasteiger partial charge in [-0.25, -0.2) is 0 Å². The summed E-state index contributed by atoms with van der Waals surface area (Å²) < 4.78 is 5.42. The topological polar surface area (TPSA) is 61.7 Å². The standard InChI is InChI=1S/C22H23NO3/c1-12-11-15-8-10-16(21(24)19(15)13(2)23-12)17-9-7-14-5-4-6-18(26-3)20(14)22(17)25/h4-10,12-13,23-25H,11H2,1-3H3. The van der Waals surface area contributed by atoms with Crippen LogP contribution in [-0.4, -0.2) is 23.4 Å². The molecule has 134 valence electrons. The number of ether oxygens (including phenoxy) is 1. The van der Waals surface area contributed by atoms with Gasteiger partial charge >= 0.3 is 0 Å². The molecule has 0 saturated heterocycles. The molecule has 2 atom stereocenters. The van der Waals surface area contributed by atoms with E-state index in [-0.39, 0.29) is 17.5 Å². The number of phenols is 2. The molecule has 26 heavy (non-hydrogen) atoms. The van der Waals surface area contributed by atoms with E-state index in [1.807, 2.05) is 36.4 Å². The zero-order chi connectivity index (χ0) is 18.4. The average molecular weight is 349 g/mol. The highest BCUT2D eigenvalue weighted by atomic mass is 16.5. The number of benzene rings is 3. The molecule has 2 unspecified atom stereocenters. The molecule has 0 aromatic heterocycles. The van der Waals surface area contributed by atoms with Gasteiger partial charge in [-0.1, -0.05) is 30.3 Å². The van der Waals surface area contributed by atoms with Crippen molar-refractivity contribution in [1.82, 2.24) is 5.32 Å². The van der Waals surface area contributed by atoms with E-state index in [9.17, 15) is 10.2 Å². The van der Waals surface area contributed by atoms with Gasteiger partial charge in [-0.15, -0.1) is 0 Å². The Morgan fingerprint density at radius 3 is 2.46 bits per heavy atom. The van der Waals surface area contributed by atoms with E-state index in [1.54, 1.807) is 7.11 Å². The molecule has 3 N–H and O–H groups in total. The van der Waals surface area contributed by atoms with E-state index in [2.05, 4.69) is 25.2 Å². The van der Waals surface area contributed by atoms with E-state index in [0.29, 0.717) is 28.3 Å². The van der Waals surface area contributed by atoms with Gasteiger partial charge in [0.15, 0.2) is 0 Å². The van der Waals surface area contributed by atoms with Gasteiger partial charge in [-0.3, -0.25) is 0 Å². The first-order valence-electron chi connectivity index (χ1n) is 8.91. The first-order valence-corrected chi connectivity index (χ1v) is 8.91. The molecule has 0 saturated carbocycles. The van der Waals surface area contributed by atoms with Gasteiger partial charge in [-0.05, 0) is 43.4 Å². The minimum Gasteiger partial charge on any atom is -0.507 e. The van der Waals surface area contributed by atoms with E-state index in [0.717, 1.165) is 22.9 Å². The molecule has 0 fully saturated rings. The Balaban J connectivity index is 1.94. The van der Waals surface area contributed by atoms with Crippen LogP contribution in [0.25, 0.3) is 21.9 Å². The smallest absolute Gasteiger partial charge is 0.135 e. The molecule has 4 nitrogen and oxygen atoms in total. The maximum absolute atomic E-state index is 11.0. The number of methoxy groups -OCH3 is 1. The maximum atomic E-state index is 11.0. The highest BCUT2D eigenvalue weighted by Gasteiger charge is 2.26. The van der Waals surface area contributed by atoms with E-state index in [4.69, 9.17) is 4.74 Å². The minimum atomic E-state index is 0.0610. The Kier molecular flexibility index (Phi) is 4.00. The Hall–Kier alpha value is -2.72. The monoisotopic (exact) mass is 349 g/mol. The molecule has 1 aliphatic heterocycles. The van der Waals surface area contributed by atoms with Crippen LogP contribution in [0.1, 0.15) is 31.0 Å². The van der Waals surface area contributed by atoms with Crippen LogP contribution >= 0.6 is 0 Å². The molecule has 3 aromatic rings. The van der Waals surface area contributed by atoms with Crippen molar-refractivity contribution in [2.75, 3.05) is 7.11 Å². The Bertz CT molecular complexity index is 996. The van der Waals surface area contributed by atoms with Crippen molar-refractivity contribution in [2.45, 2.75) is 32.4 Å². The molecule has 3 aromatic carbocycles. The predicted molar refractivity (Wildman–Crippen MR) is 104 cm³/mol. The highest BCUT2D eigenvalue weighted by Crippen LogP contribution is 2.46. The largest absolute Gasteiger partial charge is 0.507 e. The van der Waals surface area contributed by atoms with Crippen LogP contribution in [0.3, 0.4) is 0 Å². The van der Waals surface area contributed by atoms with E-state index in [1.165, 1.54) is 0 Å². The number of hydrogen-bond donors (Lipinski definition) is 3. The minimum absolute atomic E-state index is 0.0610. The van der Waals surface area contributed by atoms with Gasteiger partial charge in [0.2, 0.25) is 0 Å². The van der Waals surface area contributed by atoms with Crippen LogP contribution in [0, 0.1) is 0 Å². The van der Waals surface area contributed by atoms with Gasteiger partial charge in [0, 0.05) is 28.8 Å². The lowest BCUT2D eigenvalue weighted by atomic mass is 9.87. The zero-order valence-electron chi connectivity index (χ0n) is 15.2. The van der Waals surface area contributed by atoms with Crippen LogP contribution in [0.5, 0.6) is 17.2 Å². The van der Waals surface area contributed by atoms with Gasteiger partial charge in [-0.2, -0.15) is 0 Å². The van der Waals surface area contributed by atoms with Crippen molar-refractivity contribution >= 4 is 10.8 Å². The molecule has 0 amide bonds. The number of nitrogens with one attached hydrogen (secondary N) is 1. The summed E-state index contributed by atoms with van der Waals surface area (Å²) in [6, 6.07) is 13.8. The number of fused-ring (bicyclic) bond motifs is 2.